The van der Waals surface area contributed by atoms with E-state index < -0.39 is 5.54 Å². The first kappa shape index (κ1) is 12.3. The lowest BCUT2D eigenvalue weighted by molar-refractivity contribution is 0.166. The highest BCUT2D eigenvalue weighted by molar-refractivity contribution is 6.32. The molecule has 0 saturated heterocycles. The molecule has 0 aliphatic carbocycles. The first-order valence-corrected chi connectivity index (χ1v) is 5.78. The maximum absolute atomic E-state index is 6.16. The van der Waals surface area contributed by atoms with Gasteiger partial charge < -0.3 is 19.9 Å². The summed E-state index contributed by atoms with van der Waals surface area (Å²) in [5.41, 5.74) is 6.27. The average Bonchev–Trinajstić information content (AvgIpc) is 2.25. The first-order valence-electron chi connectivity index (χ1n) is 5.40. The molecule has 0 amide bonds. The minimum atomic E-state index is -0.624. The summed E-state index contributed by atoms with van der Waals surface area (Å²) in [4.78, 5) is 0. The van der Waals surface area contributed by atoms with E-state index in [-0.39, 0.29) is 0 Å². The van der Waals surface area contributed by atoms with Gasteiger partial charge in [-0.3, -0.25) is 0 Å². The topological polar surface area (TPSA) is 53.7 Å². The van der Waals surface area contributed by atoms with Crippen molar-refractivity contribution in [3.8, 4) is 17.2 Å². The molecule has 1 aromatic rings. The number of hydrogen-bond acceptors (Lipinski definition) is 4. The Morgan fingerprint density at radius 1 is 1.35 bits per heavy atom. The van der Waals surface area contributed by atoms with Crippen LogP contribution in [0.3, 0.4) is 0 Å². The van der Waals surface area contributed by atoms with Crippen molar-refractivity contribution in [1.82, 2.24) is 0 Å². The van der Waals surface area contributed by atoms with E-state index in [1.165, 1.54) is 0 Å². The van der Waals surface area contributed by atoms with Crippen molar-refractivity contribution < 1.29 is 14.2 Å². The molecule has 2 rings (SSSR count). The number of benzene rings is 1. The molecule has 2 N–H and O–H groups in total. The molecule has 0 spiro atoms. The Morgan fingerprint density at radius 2 is 2.00 bits per heavy atom. The fourth-order valence-electron chi connectivity index (χ4n) is 1.92. The summed E-state index contributed by atoms with van der Waals surface area (Å²) in [6.45, 7) is 4.76. The summed E-state index contributed by atoms with van der Waals surface area (Å²) < 4.78 is 16.5. The molecule has 0 atom stereocenters. The highest BCUT2D eigenvalue weighted by atomic mass is 35.5. The summed E-state index contributed by atoms with van der Waals surface area (Å²) in [5, 5.41) is 0.477. The molecule has 1 aliphatic heterocycles. The van der Waals surface area contributed by atoms with Crippen LogP contribution in [0.1, 0.15) is 19.4 Å². The van der Waals surface area contributed by atoms with Crippen LogP contribution in [0.5, 0.6) is 17.2 Å². The van der Waals surface area contributed by atoms with E-state index in [0.717, 1.165) is 5.56 Å². The molecular formula is C12H16ClNO3. The number of halogens is 1. The Hall–Kier alpha value is -1.13. The van der Waals surface area contributed by atoms with E-state index in [1.54, 1.807) is 13.2 Å². The molecule has 5 heteroatoms. The largest absolute Gasteiger partial charge is 0.495 e. The lowest BCUT2D eigenvalue weighted by atomic mass is 9.93. The number of methoxy groups -OCH3 is 1. The maximum Gasteiger partial charge on any atom is 0.170 e. The van der Waals surface area contributed by atoms with Gasteiger partial charge in [-0.2, -0.15) is 0 Å². The van der Waals surface area contributed by atoms with Gasteiger partial charge in [-0.05, 0) is 13.8 Å². The number of hydrogen-bond donors (Lipinski definition) is 1. The van der Waals surface area contributed by atoms with Gasteiger partial charge in [-0.25, -0.2) is 0 Å². The van der Waals surface area contributed by atoms with Crippen molar-refractivity contribution in [2.45, 2.75) is 19.4 Å². The van der Waals surface area contributed by atoms with Gasteiger partial charge >= 0.3 is 0 Å². The van der Waals surface area contributed by atoms with E-state index in [2.05, 4.69) is 0 Å². The molecule has 1 heterocycles. The second kappa shape index (κ2) is 4.27. The normalized spacial score (nSPS) is 14.6. The van der Waals surface area contributed by atoms with E-state index in [4.69, 9.17) is 31.5 Å². The fraction of sp³-hybridized carbons (Fsp3) is 0.500. The van der Waals surface area contributed by atoms with Crippen LogP contribution in [-0.4, -0.2) is 20.3 Å². The Morgan fingerprint density at radius 3 is 2.59 bits per heavy atom. The van der Waals surface area contributed by atoms with Gasteiger partial charge in [0.15, 0.2) is 11.5 Å². The monoisotopic (exact) mass is 257 g/mol. The molecule has 0 radical (unpaired) electrons. The summed E-state index contributed by atoms with van der Waals surface area (Å²) in [7, 11) is 1.56. The molecule has 4 nitrogen and oxygen atoms in total. The van der Waals surface area contributed by atoms with Crippen LogP contribution in [0.4, 0.5) is 0 Å². The van der Waals surface area contributed by atoms with Crippen LogP contribution < -0.4 is 19.9 Å². The Labute approximate surface area is 106 Å². The number of fused-ring (bicyclic) bond motifs is 1. The number of nitrogens with two attached hydrogens (primary N) is 1. The zero-order valence-electron chi connectivity index (χ0n) is 10.2. The average molecular weight is 258 g/mol. The molecule has 1 aliphatic rings. The summed E-state index contributed by atoms with van der Waals surface area (Å²) in [5.74, 6) is 1.80. The van der Waals surface area contributed by atoms with Crippen LogP contribution in [0.25, 0.3) is 0 Å². The third-order valence-corrected chi connectivity index (χ3v) is 2.87. The maximum atomic E-state index is 6.16. The van der Waals surface area contributed by atoms with Crippen molar-refractivity contribution in [1.29, 1.82) is 0 Å². The lowest BCUT2D eigenvalue weighted by Gasteiger charge is -2.29. The molecule has 0 aromatic heterocycles. The van der Waals surface area contributed by atoms with Crippen LogP contribution in [-0.2, 0) is 5.54 Å². The second-order valence-electron chi connectivity index (χ2n) is 4.51. The van der Waals surface area contributed by atoms with Crippen molar-refractivity contribution in [3.05, 3.63) is 16.7 Å². The predicted octanol–water partition coefficient (Wildman–Crippen LogP) is 2.31. The first-order chi connectivity index (χ1) is 7.95. The van der Waals surface area contributed by atoms with Crippen molar-refractivity contribution in [2.75, 3.05) is 20.3 Å². The molecular weight excluding hydrogens is 242 g/mol. The highest BCUT2D eigenvalue weighted by Crippen LogP contribution is 2.47. The highest BCUT2D eigenvalue weighted by Gasteiger charge is 2.31. The van der Waals surface area contributed by atoms with E-state index >= 15 is 0 Å². The third kappa shape index (κ3) is 2.15. The van der Waals surface area contributed by atoms with Crippen molar-refractivity contribution in [2.24, 2.45) is 5.73 Å². The van der Waals surface area contributed by atoms with Gasteiger partial charge in [-0.1, -0.05) is 11.6 Å². The van der Waals surface area contributed by atoms with E-state index in [0.29, 0.717) is 35.5 Å². The van der Waals surface area contributed by atoms with Gasteiger partial charge in [0.05, 0.1) is 17.7 Å². The molecule has 94 valence electrons. The number of ether oxygens (including phenoxy) is 3. The number of rotatable bonds is 2. The van der Waals surface area contributed by atoms with Gasteiger partial charge in [0.25, 0.3) is 0 Å². The second-order valence-corrected chi connectivity index (χ2v) is 4.92. The van der Waals surface area contributed by atoms with Gasteiger partial charge in [0, 0.05) is 11.6 Å². The van der Waals surface area contributed by atoms with Crippen molar-refractivity contribution >= 4 is 11.6 Å². The van der Waals surface area contributed by atoms with E-state index in [1.807, 2.05) is 13.8 Å². The molecule has 0 saturated carbocycles. The Bertz CT molecular complexity index is 440. The third-order valence-electron chi connectivity index (χ3n) is 2.59. The Balaban J connectivity index is 2.70. The molecule has 0 unspecified atom stereocenters. The molecule has 17 heavy (non-hydrogen) atoms. The van der Waals surface area contributed by atoms with Gasteiger partial charge in [0.2, 0.25) is 0 Å². The molecule has 1 aromatic carbocycles. The minimum Gasteiger partial charge on any atom is -0.495 e. The quantitative estimate of drug-likeness (QED) is 0.883. The Kier molecular flexibility index (Phi) is 3.10. The standard InChI is InChI=1S/C12H16ClNO3/c1-12(2,14)9-10(15-3)7(13)6-8-11(9)17-5-4-16-8/h6H,4-5,14H2,1-3H3. The molecule has 0 bridgehead atoms. The SMILES string of the molecule is COc1c(Cl)cc2c(c1C(C)(C)N)OCCO2. The van der Waals surface area contributed by atoms with Crippen LogP contribution in [0.15, 0.2) is 6.07 Å². The molecule has 0 fully saturated rings. The summed E-state index contributed by atoms with van der Waals surface area (Å²) in [6, 6.07) is 1.70. The smallest absolute Gasteiger partial charge is 0.170 e. The zero-order chi connectivity index (χ0) is 12.6. The van der Waals surface area contributed by atoms with Crippen LogP contribution in [0.2, 0.25) is 5.02 Å². The fourth-order valence-corrected chi connectivity index (χ4v) is 2.19. The van der Waals surface area contributed by atoms with Crippen LogP contribution in [0, 0.1) is 0 Å². The van der Waals surface area contributed by atoms with Crippen LogP contribution >= 0.6 is 11.6 Å². The summed E-state index contributed by atoms with van der Waals surface area (Å²) >= 11 is 6.16. The summed E-state index contributed by atoms with van der Waals surface area (Å²) in [6.07, 6.45) is 0. The van der Waals surface area contributed by atoms with Gasteiger partial charge in [-0.15, -0.1) is 0 Å². The zero-order valence-corrected chi connectivity index (χ0v) is 10.9. The lowest BCUT2D eigenvalue weighted by Crippen LogP contribution is -2.31. The van der Waals surface area contributed by atoms with Crippen molar-refractivity contribution in [3.63, 3.8) is 0 Å². The predicted molar refractivity (Wildman–Crippen MR) is 66.2 cm³/mol. The van der Waals surface area contributed by atoms with Gasteiger partial charge in [0.1, 0.15) is 19.0 Å². The minimum absolute atomic E-state index is 0.477. The van der Waals surface area contributed by atoms with E-state index in [9.17, 15) is 0 Å².